The van der Waals surface area contributed by atoms with E-state index in [1.807, 2.05) is 92.7 Å². The molecule has 4 nitrogen and oxygen atoms in total. The average molecular weight is 441 g/mol. The van der Waals surface area contributed by atoms with Gasteiger partial charge in [0.15, 0.2) is 5.17 Å². The zero-order valence-electron chi connectivity index (χ0n) is 18.1. The van der Waals surface area contributed by atoms with E-state index in [9.17, 15) is 4.79 Å². The molecule has 3 aromatic rings. The third-order valence-electron chi connectivity index (χ3n) is 4.84. The second kappa shape index (κ2) is 9.71. The van der Waals surface area contributed by atoms with Crippen LogP contribution in [0.4, 0.5) is 11.4 Å². The lowest BCUT2D eigenvalue weighted by atomic mass is 10.2. The summed E-state index contributed by atoms with van der Waals surface area (Å²) in [5.74, 6) is 0.680. The van der Waals surface area contributed by atoms with Crippen LogP contribution in [0.1, 0.15) is 16.7 Å². The number of rotatable bonds is 6. The number of aliphatic imine (C=N–C) groups is 1. The Morgan fingerprint density at radius 1 is 1.00 bits per heavy atom. The quantitative estimate of drug-likeness (QED) is 0.317. The van der Waals surface area contributed by atoms with Crippen molar-refractivity contribution in [3.8, 4) is 5.75 Å². The third-order valence-corrected chi connectivity index (χ3v) is 5.81. The maximum absolute atomic E-state index is 13.4. The first kappa shape index (κ1) is 21.7. The van der Waals surface area contributed by atoms with Crippen LogP contribution in [-0.4, -0.2) is 17.7 Å². The van der Waals surface area contributed by atoms with Gasteiger partial charge in [-0.3, -0.25) is 9.69 Å². The first-order valence-electron chi connectivity index (χ1n) is 10.3. The minimum atomic E-state index is -0.0843. The molecule has 32 heavy (non-hydrogen) atoms. The predicted octanol–water partition coefficient (Wildman–Crippen LogP) is 6.68. The second-order valence-electron chi connectivity index (χ2n) is 7.49. The molecule has 1 heterocycles. The number of benzene rings is 3. The molecule has 3 aromatic carbocycles. The van der Waals surface area contributed by atoms with Gasteiger partial charge in [0.2, 0.25) is 0 Å². The summed E-state index contributed by atoms with van der Waals surface area (Å²) in [4.78, 5) is 20.5. The van der Waals surface area contributed by atoms with Crippen LogP contribution in [0.5, 0.6) is 5.75 Å². The molecule has 5 heteroatoms. The summed E-state index contributed by atoms with van der Waals surface area (Å²) in [6, 6.07) is 23.5. The van der Waals surface area contributed by atoms with Gasteiger partial charge in [-0.15, -0.1) is 0 Å². The molecule has 0 bridgehead atoms. The van der Waals surface area contributed by atoms with E-state index in [0.717, 1.165) is 33.8 Å². The van der Waals surface area contributed by atoms with Crippen LogP contribution < -0.4 is 9.64 Å². The van der Waals surface area contributed by atoms with Gasteiger partial charge in [0, 0.05) is 0 Å². The van der Waals surface area contributed by atoms with Crippen molar-refractivity contribution in [3.05, 3.63) is 107 Å². The van der Waals surface area contributed by atoms with E-state index in [0.29, 0.717) is 16.7 Å². The largest absolute Gasteiger partial charge is 0.490 e. The van der Waals surface area contributed by atoms with E-state index in [1.165, 1.54) is 11.8 Å². The molecule has 1 saturated heterocycles. The van der Waals surface area contributed by atoms with Gasteiger partial charge < -0.3 is 4.74 Å². The molecule has 0 atom stereocenters. The van der Waals surface area contributed by atoms with Crippen molar-refractivity contribution in [1.29, 1.82) is 0 Å². The van der Waals surface area contributed by atoms with Crippen molar-refractivity contribution < 1.29 is 9.53 Å². The molecule has 0 radical (unpaired) electrons. The molecule has 0 N–H and O–H groups in total. The third kappa shape index (κ3) is 5.01. The Morgan fingerprint density at radius 2 is 1.72 bits per heavy atom. The maximum Gasteiger partial charge on any atom is 0.271 e. The number of thioether (sulfide) groups is 1. The van der Waals surface area contributed by atoms with E-state index in [-0.39, 0.29) is 5.91 Å². The topological polar surface area (TPSA) is 41.9 Å². The predicted molar refractivity (Wildman–Crippen MR) is 135 cm³/mol. The fraction of sp³-hybridized carbons (Fsp3) is 0.111. The van der Waals surface area contributed by atoms with Crippen LogP contribution in [0.25, 0.3) is 6.08 Å². The lowest BCUT2D eigenvalue weighted by Gasteiger charge is -2.16. The highest BCUT2D eigenvalue weighted by atomic mass is 32.2. The monoisotopic (exact) mass is 440 g/mol. The van der Waals surface area contributed by atoms with Gasteiger partial charge in [-0.25, -0.2) is 4.99 Å². The number of aryl methyl sites for hydroxylation is 2. The Hall–Kier alpha value is -3.57. The normalized spacial score (nSPS) is 16.1. The summed E-state index contributed by atoms with van der Waals surface area (Å²) in [6.45, 7) is 8.16. The van der Waals surface area contributed by atoms with Gasteiger partial charge in [-0.05, 0) is 84.8 Å². The van der Waals surface area contributed by atoms with Crippen molar-refractivity contribution in [2.24, 2.45) is 4.99 Å². The lowest BCUT2D eigenvalue weighted by molar-refractivity contribution is -0.113. The fourth-order valence-electron chi connectivity index (χ4n) is 3.32. The number of anilines is 1. The van der Waals surface area contributed by atoms with Crippen molar-refractivity contribution in [1.82, 2.24) is 0 Å². The SMILES string of the molecule is C=CCOc1ccc(/C=C2/SC(=Nc3cccc(C)c3)N(c3cccc(C)c3)C2=O)cc1. The molecule has 0 saturated carbocycles. The maximum atomic E-state index is 13.4. The smallest absolute Gasteiger partial charge is 0.271 e. The molecule has 0 spiro atoms. The Balaban J connectivity index is 1.70. The number of hydrogen-bond acceptors (Lipinski definition) is 4. The highest BCUT2D eigenvalue weighted by Crippen LogP contribution is 2.37. The summed E-state index contributed by atoms with van der Waals surface area (Å²) in [7, 11) is 0. The van der Waals surface area contributed by atoms with Crippen LogP contribution in [0, 0.1) is 13.8 Å². The molecule has 1 amide bonds. The summed E-state index contributed by atoms with van der Waals surface area (Å²) >= 11 is 1.38. The molecule has 1 aliphatic heterocycles. The number of amides is 1. The number of amidine groups is 1. The van der Waals surface area contributed by atoms with Crippen LogP contribution in [0.2, 0.25) is 0 Å². The first-order chi connectivity index (χ1) is 15.5. The molecule has 0 aliphatic carbocycles. The average Bonchev–Trinajstić information content (AvgIpc) is 3.07. The molecular formula is C27H24N2O2S. The minimum Gasteiger partial charge on any atom is -0.490 e. The van der Waals surface area contributed by atoms with Crippen LogP contribution in [0.15, 0.2) is 95.3 Å². The van der Waals surface area contributed by atoms with Crippen molar-refractivity contribution in [2.75, 3.05) is 11.5 Å². The van der Waals surface area contributed by atoms with Crippen molar-refractivity contribution >= 4 is 40.3 Å². The van der Waals surface area contributed by atoms with E-state index in [4.69, 9.17) is 9.73 Å². The Labute approximate surface area is 192 Å². The van der Waals surface area contributed by atoms with Crippen LogP contribution in [-0.2, 0) is 4.79 Å². The molecule has 160 valence electrons. The number of nitrogens with zero attached hydrogens (tertiary/aromatic N) is 2. The van der Waals surface area contributed by atoms with Crippen molar-refractivity contribution in [2.45, 2.75) is 13.8 Å². The fourth-order valence-corrected chi connectivity index (χ4v) is 4.32. The molecule has 1 fully saturated rings. The van der Waals surface area contributed by atoms with Gasteiger partial charge in [0.25, 0.3) is 5.91 Å². The highest BCUT2D eigenvalue weighted by molar-refractivity contribution is 8.19. The van der Waals surface area contributed by atoms with Gasteiger partial charge >= 0.3 is 0 Å². The molecule has 0 unspecified atom stereocenters. The summed E-state index contributed by atoms with van der Waals surface area (Å²) in [6.07, 6.45) is 3.60. The molecule has 1 aliphatic rings. The van der Waals surface area contributed by atoms with Crippen LogP contribution in [0.3, 0.4) is 0 Å². The highest BCUT2D eigenvalue weighted by Gasteiger charge is 2.34. The van der Waals surface area contributed by atoms with E-state index in [1.54, 1.807) is 11.0 Å². The van der Waals surface area contributed by atoms with Gasteiger partial charge in [-0.1, -0.05) is 49.1 Å². The second-order valence-corrected chi connectivity index (χ2v) is 8.50. The first-order valence-corrected chi connectivity index (χ1v) is 11.1. The number of hydrogen-bond donors (Lipinski definition) is 0. The number of carbonyl (C=O) groups is 1. The Kier molecular flexibility index (Phi) is 6.57. The summed E-state index contributed by atoms with van der Waals surface area (Å²) in [5.41, 5.74) is 4.77. The summed E-state index contributed by atoms with van der Waals surface area (Å²) in [5, 5.41) is 0.642. The van der Waals surface area contributed by atoms with E-state index < -0.39 is 0 Å². The molecule has 0 aromatic heterocycles. The molecule has 4 rings (SSSR count). The molecular weight excluding hydrogens is 416 g/mol. The van der Waals surface area contributed by atoms with E-state index in [2.05, 4.69) is 6.58 Å². The van der Waals surface area contributed by atoms with Gasteiger partial charge in [0.1, 0.15) is 12.4 Å². The Bertz CT molecular complexity index is 1210. The van der Waals surface area contributed by atoms with Crippen molar-refractivity contribution in [3.63, 3.8) is 0 Å². The zero-order chi connectivity index (χ0) is 22.5. The summed E-state index contributed by atoms with van der Waals surface area (Å²) < 4.78 is 5.54. The number of carbonyl (C=O) groups excluding carboxylic acids is 1. The number of ether oxygens (including phenoxy) is 1. The lowest BCUT2D eigenvalue weighted by Crippen LogP contribution is -2.28. The van der Waals surface area contributed by atoms with Crippen LogP contribution >= 0.6 is 11.8 Å². The minimum absolute atomic E-state index is 0.0843. The Morgan fingerprint density at radius 3 is 2.41 bits per heavy atom. The van der Waals surface area contributed by atoms with E-state index >= 15 is 0 Å². The van der Waals surface area contributed by atoms with Gasteiger partial charge in [-0.2, -0.15) is 0 Å². The van der Waals surface area contributed by atoms with Gasteiger partial charge in [0.05, 0.1) is 16.3 Å². The standard InChI is InChI=1S/C27H24N2O2S/c1-4-15-31-24-13-11-21(12-14-24)18-25-26(30)29(23-10-6-8-20(3)17-23)27(32-25)28-22-9-5-7-19(2)16-22/h4-14,16-18H,1,15H2,2-3H3/b25-18+,28-27?. The zero-order valence-corrected chi connectivity index (χ0v) is 18.9.